The van der Waals surface area contributed by atoms with Gasteiger partial charge in [0.15, 0.2) is 0 Å². The highest BCUT2D eigenvalue weighted by molar-refractivity contribution is 7.92. The summed E-state index contributed by atoms with van der Waals surface area (Å²) in [5.41, 5.74) is 2.75. The number of aryl methyl sites for hydroxylation is 1. The second-order valence-electron chi connectivity index (χ2n) is 7.49. The predicted octanol–water partition coefficient (Wildman–Crippen LogP) is 6.41. The summed E-state index contributed by atoms with van der Waals surface area (Å²) in [6, 6.07) is 29.6. The zero-order valence-corrected chi connectivity index (χ0v) is 18.3. The Kier molecular flexibility index (Phi) is 5.07. The normalized spacial score (nSPS) is 11.7. The van der Waals surface area contributed by atoms with Gasteiger partial charge in [-0.05, 0) is 67.6 Å². The van der Waals surface area contributed by atoms with Crippen molar-refractivity contribution >= 4 is 37.5 Å². The molecular formula is C26H22N2O3S. The quantitative estimate of drug-likeness (QED) is 0.331. The second kappa shape index (κ2) is 8.05. The summed E-state index contributed by atoms with van der Waals surface area (Å²) in [5, 5.41) is 2.13. The Labute approximate surface area is 186 Å². The lowest BCUT2D eigenvalue weighted by Crippen LogP contribution is -2.12. The Hall–Kier alpha value is -3.77. The van der Waals surface area contributed by atoms with Crippen molar-refractivity contribution in [2.75, 3.05) is 4.72 Å². The molecule has 0 aliphatic rings. The van der Waals surface area contributed by atoms with Gasteiger partial charge in [-0.15, -0.1) is 0 Å². The molecule has 5 rings (SSSR count). The van der Waals surface area contributed by atoms with Gasteiger partial charge in [-0.3, -0.25) is 4.72 Å². The van der Waals surface area contributed by atoms with Crippen LogP contribution in [-0.4, -0.2) is 13.0 Å². The van der Waals surface area contributed by atoms with Gasteiger partial charge in [-0.25, -0.2) is 8.42 Å². The summed E-state index contributed by atoms with van der Waals surface area (Å²) in [6.07, 6.45) is 0. The molecule has 0 amide bonds. The number of rotatable bonds is 6. The summed E-state index contributed by atoms with van der Waals surface area (Å²) in [4.78, 5) is 0.175. The maximum atomic E-state index is 13.0. The van der Waals surface area contributed by atoms with E-state index in [9.17, 15) is 8.42 Å². The van der Waals surface area contributed by atoms with Gasteiger partial charge in [0.25, 0.3) is 10.0 Å². The van der Waals surface area contributed by atoms with Gasteiger partial charge in [-0.2, -0.15) is 0 Å². The number of hydrogen-bond acceptors (Lipinski definition) is 3. The van der Waals surface area contributed by atoms with Crippen molar-refractivity contribution in [3.8, 4) is 11.5 Å². The smallest absolute Gasteiger partial charge is 0.261 e. The van der Waals surface area contributed by atoms with Crippen LogP contribution in [0, 0.1) is 0 Å². The first-order valence-corrected chi connectivity index (χ1v) is 11.9. The molecule has 0 unspecified atom stereocenters. The molecule has 1 aromatic heterocycles. The first-order chi connectivity index (χ1) is 15.5. The molecule has 0 fully saturated rings. The number of fused-ring (bicyclic) bond motifs is 3. The Morgan fingerprint density at radius 3 is 2.16 bits per heavy atom. The highest BCUT2D eigenvalue weighted by atomic mass is 32.2. The second-order valence-corrected chi connectivity index (χ2v) is 9.17. The lowest BCUT2D eigenvalue weighted by Gasteiger charge is -2.10. The van der Waals surface area contributed by atoms with Crippen LogP contribution < -0.4 is 9.46 Å². The van der Waals surface area contributed by atoms with E-state index in [0.717, 1.165) is 28.4 Å². The Balaban J connectivity index is 1.43. The fourth-order valence-corrected chi connectivity index (χ4v) is 5.03. The van der Waals surface area contributed by atoms with Crippen LogP contribution in [0.4, 0.5) is 5.69 Å². The third kappa shape index (κ3) is 3.69. The molecule has 6 heteroatoms. The summed E-state index contributed by atoms with van der Waals surface area (Å²) in [7, 11) is -3.74. The third-order valence-electron chi connectivity index (χ3n) is 5.45. The van der Waals surface area contributed by atoms with Crippen LogP contribution in [0.5, 0.6) is 11.5 Å². The van der Waals surface area contributed by atoms with Gasteiger partial charge >= 0.3 is 0 Å². The largest absolute Gasteiger partial charge is 0.457 e. The highest BCUT2D eigenvalue weighted by Gasteiger charge is 2.16. The number of benzene rings is 4. The lowest BCUT2D eigenvalue weighted by molar-refractivity contribution is 0.482. The summed E-state index contributed by atoms with van der Waals surface area (Å²) in [6.45, 7) is 2.94. The molecule has 4 aromatic carbocycles. The van der Waals surface area contributed by atoms with Crippen LogP contribution in [0.25, 0.3) is 21.8 Å². The van der Waals surface area contributed by atoms with Crippen LogP contribution >= 0.6 is 0 Å². The molecule has 1 N–H and O–H groups in total. The summed E-state index contributed by atoms with van der Waals surface area (Å²) in [5.74, 6) is 1.27. The van der Waals surface area contributed by atoms with Crippen LogP contribution in [0.2, 0.25) is 0 Å². The van der Waals surface area contributed by atoms with E-state index in [1.807, 2.05) is 54.6 Å². The van der Waals surface area contributed by atoms with Crippen molar-refractivity contribution in [3.63, 3.8) is 0 Å². The molecule has 0 aliphatic carbocycles. The molecule has 0 atom stereocenters. The number of para-hydroxylation sites is 2. The van der Waals surface area contributed by atoms with Gasteiger partial charge in [0, 0.05) is 34.0 Å². The Bertz CT molecular complexity index is 1510. The molecule has 0 aliphatic heterocycles. The predicted molar refractivity (Wildman–Crippen MR) is 129 cm³/mol. The topological polar surface area (TPSA) is 60.3 Å². The molecule has 0 radical (unpaired) electrons. The number of sulfonamides is 1. The number of hydrogen-bond donors (Lipinski definition) is 1. The molecule has 5 nitrogen and oxygen atoms in total. The van der Waals surface area contributed by atoms with E-state index in [4.69, 9.17) is 4.74 Å². The molecule has 32 heavy (non-hydrogen) atoms. The lowest BCUT2D eigenvalue weighted by atomic mass is 10.1. The maximum Gasteiger partial charge on any atom is 0.261 e. The zero-order chi connectivity index (χ0) is 22.1. The average Bonchev–Trinajstić information content (AvgIpc) is 3.13. The molecule has 5 aromatic rings. The minimum Gasteiger partial charge on any atom is -0.457 e. The monoisotopic (exact) mass is 442 g/mol. The van der Waals surface area contributed by atoms with E-state index in [1.54, 1.807) is 30.3 Å². The average molecular weight is 443 g/mol. The number of anilines is 1. The van der Waals surface area contributed by atoms with E-state index in [0.29, 0.717) is 17.2 Å². The number of nitrogens with zero attached hydrogens (tertiary/aromatic N) is 1. The minimum atomic E-state index is -3.74. The van der Waals surface area contributed by atoms with Crippen molar-refractivity contribution in [2.24, 2.45) is 0 Å². The first-order valence-electron chi connectivity index (χ1n) is 10.4. The van der Waals surface area contributed by atoms with E-state index < -0.39 is 10.0 Å². The maximum absolute atomic E-state index is 13.0. The van der Waals surface area contributed by atoms with Gasteiger partial charge in [0.1, 0.15) is 11.5 Å². The number of aromatic nitrogens is 1. The Morgan fingerprint density at radius 1 is 0.750 bits per heavy atom. The highest BCUT2D eigenvalue weighted by Crippen LogP contribution is 2.32. The van der Waals surface area contributed by atoms with E-state index in [2.05, 4.69) is 28.3 Å². The molecule has 1 heterocycles. The molecule has 0 bridgehead atoms. The van der Waals surface area contributed by atoms with Crippen LogP contribution in [0.3, 0.4) is 0 Å². The minimum absolute atomic E-state index is 0.175. The van der Waals surface area contributed by atoms with Gasteiger partial charge in [-0.1, -0.05) is 36.4 Å². The zero-order valence-electron chi connectivity index (χ0n) is 17.5. The van der Waals surface area contributed by atoms with Crippen molar-refractivity contribution < 1.29 is 13.2 Å². The SMILES string of the molecule is CCn1c2ccccc2c2cc(NS(=O)(=O)c3ccc(Oc4ccccc4)cc3)ccc21. The van der Waals surface area contributed by atoms with Crippen molar-refractivity contribution in [1.29, 1.82) is 0 Å². The fraction of sp³-hybridized carbons (Fsp3) is 0.0769. The van der Waals surface area contributed by atoms with Crippen LogP contribution in [0.1, 0.15) is 6.92 Å². The summed E-state index contributed by atoms with van der Waals surface area (Å²) < 4.78 is 36.6. The summed E-state index contributed by atoms with van der Waals surface area (Å²) >= 11 is 0. The molecular weight excluding hydrogens is 420 g/mol. The molecule has 160 valence electrons. The van der Waals surface area contributed by atoms with Crippen molar-refractivity contribution in [3.05, 3.63) is 97.1 Å². The van der Waals surface area contributed by atoms with Gasteiger partial charge in [0.05, 0.1) is 4.90 Å². The Morgan fingerprint density at radius 2 is 1.41 bits per heavy atom. The van der Waals surface area contributed by atoms with E-state index in [-0.39, 0.29) is 4.90 Å². The van der Waals surface area contributed by atoms with E-state index in [1.165, 1.54) is 0 Å². The van der Waals surface area contributed by atoms with Crippen molar-refractivity contribution in [1.82, 2.24) is 4.57 Å². The third-order valence-corrected chi connectivity index (χ3v) is 6.85. The standard InChI is InChI=1S/C26H22N2O3S/c1-2-28-25-11-7-6-10-23(25)24-18-19(12-17-26(24)28)27-32(29,30)22-15-13-21(14-16-22)31-20-8-4-3-5-9-20/h3-18,27H,2H2,1H3. The first kappa shape index (κ1) is 20.2. The molecule has 0 saturated heterocycles. The molecule has 0 spiro atoms. The van der Waals surface area contributed by atoms with E-state index >= 15 is 0 Å². The number of nitrogens with one attached hydrogen (secondary N) is 1. The number of ether oxygens (including phenoxy) is 1. The van der Waals surface area contributed by atoms with Gasteiger partial charge in [0.2, 0.25) is 0 Å². The van der Waals surface area contributed by atoms with Crippen LogP contribution in [-0.2, 0) is 16.6 Å². The van der Waals surface area contributed by atoms with Crippen LogP contribution in [0.15, 0.2) is 102 Å². The van der Waals surface area contributed by atoms with Gasteiger partial charge < -0.3 is 9.30 Å². The van der Waals surface area contributed by atoms with Crippen molar-refractivity contribution in [2.45, 2.75) is 18.4 Å². The molecule has 0 saturated carbocycles. The fourth-order valence-electron chi connectivity index (χ4n) is 3.98.